The summed E-state index contributed by atoms with van der Waals surface area (Å²) in [6.07, 6.45) is 1.61. The zero-order valence-corrected chi connectivity index (χ0v) is 11.0. The summed E-state index contributed by atoms with van der Waals surface area (Å²) in [5.74, 6) is 0. The Kier molecular flexibility index (Phi) is 3.46. The standard InChI is InChI=1S/C16H15N3O/c20-16-14-8-4-5-9-15(14)18-12-19(16)11-10-17-13-6-2-1-3-7-13/h1-9,12,17H,10-11H2. The summed E-state index contributed by atoms with van der Waals surface area (Å²) < 4.78 is 1.64. The van der Waals surface area contributed by atoms with Gasteiger partial charge in [-0.1, -0.05) is 30.3 Å². The number of rotatable bonds is 4. The van der Waals surface area contributed by atoms with Crippen LogP contribution in [-0.4, -0.2) is 16.1 Å². The van der Waals surface area contributed by atoms with Gasteiger partial charge in [-0.3, -0.25) is 9.36 Å². The van der Waals surface area contributed by atoms with Crippen molar-refractivity contribution in [3.05, 3.63) is 71.3 Å². The van der Waals surface area contributed by atoms with Gasteiger partial charge in [-0.2, -0.15) is 0 Å². The van der Waals surface area contributed by atoms with Crippen LogP contribution in [0.1, 0.15) is 0 Å². The molecule has 0 radical (unpaired) electrons. The third-order valence-corrected chi connectivity index (χ3v) is 3.19. The minimum Gasteiger partial charge on any atom is -0.383 e. The van der Waals surface area contributed by atoms with Gasteiger partial charge in [0, 0.05) is 18.8 Å². The van der Waals surface area contributed by atoms with Gasteiger partial charge >= 0.3 is 0 Å². The quantitative estimate of drug-likeness (QED) is 0.788. The molecule has 4 nitrogen and oxygen atoms in total. The lowest BCUT2D eigenvalue weighted by Gasteiger charge is -2.08. The van der Waals surface area contributed by atoms with E-state index in [1.165, 1.54) is 0 Å². The van der Waals surface area contributed by atoms with Gasteiger partial charge in [-0.05, 0) is 24.3 Å². The number of nitrogens with zero attached hydrogens (tertiary/aromatic N) is 2. The van der Waals surface area contributed by atoms with E-state index < -0.39 is 0 Å². The summed E-state index contributed by atoms with van der Waals surface area (Å²) in [7, 11) is 0. The molecule has 0 saturated carbocycles. The Labute approximate surface area is 116 Å². The molecular weight excluding hydrogens is 250 g/mol. The summed E-state index contributed by atoms with van der Waals surface area (Å²) in [5.41, 5.74) is 1.80. The number of aromatic nitrogens is 2. The maximum atomic E-state index is 12.3. The third kappa shape index (κ3) is 2.54. The molecule has 0 unspecified atom stereocenters. The number of benzene rings is 2. The Balaban J connectivity index is 1.75. The van der Waals surface area contributed by atoms with E-state index in [0.29, 0.717) is 18.5 Å². The molecule has 0 spiro atoms. The second kappa shape index (κ2) is 5.57. The Morgan fingerprint density at radius 2 is 1.75 bits per heavy atom. The van der Waals surface area contributed by atoms with Crippen LogP contribution in [0.3, 0.4) is 0 Å². The molecule has 0 aliphatic carbocycles. The Morgan fingerprint density at radius 3 is 2.60 bits per heavy atom. The molecule has 100 valence electrons. The molecule has 3 rings (SSSR count). The van der Waals surface area contributed by atoms with Crippen LogP contribution in [0, 0.1) is 0 Å². The molecule has 3 aromatic rings. The van der Waals surface area contributed by atoms with Crippen molar-refractivity contribution >= 4 is 16.6 Å². The van der Waals surface area contributed by atoms with E-state index in [2.05, 4.69) is 10.3 Å². The van der Waals surface area contributed by atoms with Crippen LogP contribution in [0.4, 0.5) is 5.69 Å². The number of hydrogen-bond donors (Lipinski definition) is 1. The number of para-hydroxylation sites is 2. The SMILES string of the molecule is O=c1c2ccccc2ncn1CCNc1ccccc1. The van der Waals surface area contributed by atoms with Crippen LogP contribution in [0.15, 0.2) is 65.7 Å². The number of hydrogen-bond acceptors (Lipinski definition) is 3. The summed E-state index contributed by atoms with van der Waals surface area (Å²) >= 11 is 0. The third-order valence-electron chi connectivity index (χ3n) is 3.19. The monoisotopic (exact) mass is 265 g/mol. The Hall–Kier alpha value is -2.62. The van der Waals surface area contributed by atoms with Gasteiger partial charge in [0.1, 0.15) is 0 Å². The molecule has 20 heavy (non-hydrogen) atoms. The van der Waals surface area contributed by atoms with Crippen molar-refractivity contribution in [1.29, 1.82) is 0 Å². The predicted molar refractivity (Wildman–Crippen MR) is 80.9 cm³/mol. The molecule has 0 fully saturated rings. The highest BCUT2D eigenvalue weighted by Crippen LogP contribution is 2.06. The van der Waals surface area contributed by atoms with Crippen LogP contribution < -0.4 is 10.9 Å². The van der Waals surface area contributed by atoms with Crippen LogP contribution in [0.25, 0.3) is 10.9 Å². The molecule has 1 aromatic heterocycles. The van der Waals surface area contributed by atoms with Gasteiger partial charge in [0.2, 0.25) is 0 Å². The lowest BCUT2D eigenvalue weighted by molar-refractivity contribution is 0.689. The van der Waals surface area contributed by atoms with Gasteiger partial charge < -0.3 is 5.32 Å². The van der Waals surface area contributed by atoms with Crippen LogP contribution >= 0.6 is 0 Å². The first-order valence-corrected chi connectivity index (χ1v) is 6.58. The fraction of sp³-hybridized carbons (Fsp3) is 0.125. The van der Waals surface area contributed by atoms with Crippen molar-refractivity contribution in [2.45, 2.75) is 6.54 Å². The van der Waals surface area contributed by atoms with Crippen molar-refractivity contribution in [3.8, 4) is 0 Å². The van der Waals surface area contributed by atoms with Crippen LogP contribution in [0.2, 0.25) is 0 Å². The second-order valence-electron chi connectivity index (χ2n) is 4.55. The maximum absolute atomic E-state index is 12.3. The molecule has 0 amide bonds. The predicted octanol–water partition coefficient (Wildman–Crippen LogP) is 2.51. The highest BCUT2D eigenvalue weighted by molar-refractivity contribution is 5.76. The highest BCUT2D eigenvalue weighted by Gasteiger charge is 2.02. The first-order chi connectivity index (χ1) is 9.84. The summed E-state index contributed by atoms with van der Waals surface area (Å²) in [6, 6.07) is 17.3. The number of nitrogens with one attached hydrogen (secondary N) is 1. The van der Waals surface area contributed by atoms with Gasteiger partial charge in [0.05, 0.1) is 17.2 Å². The average molecular weight is 265 g/mol. The molecule has 1 heterocycles. The fourth-order valence-corrected chi connectivity index (χ4v) is 2.14. The molecule has 4 heteroatoms. The van der Waals surface area contributed by atoms with Crippen LogP contribution in [-0.2, 0) is 6.54 Å². The van der Waals surface area contributed by atoms with Crippen molar-refractivity contribution < 1.29 is 0 Å². The lowest BCUT2D eigenvalue weighted by atomic mass is 10.2. The first-order valence-electron chi connectivity index (χ1n) is 6.58. The largest absolute Gasteiger partial charge is 0.383 e. The van der Waals surface area contributed by atoms with E-state index in [9.17, 15) is 4.79 Å². The van der Waals surface area contributed by atoms with Crippen molar-refractivity contribution in [3.63, 3.8) is 0 Å². The summed E-state index contributed by atoms with van der Waals surface area (Å²) in [4.78, 5) is 16.6. The van der Waals surface area contributed by atoms with Gasteiger partial charge in [-0.25, -0.2) is 4.98 Å². The molecule has 0 aliphatic heterocycles. The highest BCUT2D eigenvalue weighted by atomic mass is 16.1. The molecule has 0 aliphatic rings. The smallest absolute Gasteiger partial charge is 0.261 e. The number of fused-ring (bicyclic) bond motifs is 1. The number of anilines is 1. The minimum absolute atomic E-state index is 0.00506. The molecule has 0 bridgehead atoms. The fourth-order valence-electron chi connectivity index (χ4n) is 2.14. The topological polar surface area (TPSA) is 46.9 Å². The van der Waals surface area contributed by atoms with E-state index in [-0.39, 0.29) is 5.56 Å². The summed E-state index contributed by atoms with van der Waals surface area (Å²) in [6.45, 7) is 1.27. The van der Waals surface area contributed by atoms with Gasteiger partial charge in [-0.15, -0.1) is 0 Å². The van der Waals surface area contributed by atoms with Crippen molar-refractivity contribution in [1.82, 2.24) is 9.55 Å². The van der Waals surface area contributed by atoms with E-state index in [1.807, 2.05) is 54.6 Å². The van der Waals surface area contributed by atoms with E-state index >= 15 is 0 Å². The van der Waals surface area contributed by atoms with Crippen LogP contribution in [0.5, 0.6) is 0 Å². The minimum atomic E-state index is 0.00506. The molecular formula is C16H15N3O. The van der Waals surface area contributed by atoms with Crippen molar-refractivity contribution in [2.75, 3.05) is 11.9 Å². The normalized spacial score (nSPS) is 10.6. The molecule has 1 N–H and O–H groups in total. The van der Waals surface area contributed by atoms with Gasteiger partial charge in [0.15, 0.2) is 0 Å². The molecule has 0 saturated heterocycles. The second-order valence-corrected chi connectivity index (χ2v) is 4.55. The zero-order valence-electron chi connectivity index (χ0n) is 11.0. The lowest BCUT2D eigenvalue weighted by Crippen LogP contribution is -2.24. The zero-order chi connectivity index (χ0) is 13.8. The summed E-state index contributed by atoms with van der Waals surface area (Å²) in [5, 5.41) is 3.94. The average Bonchev–Trinajstić information content (AvgIpc) is 2.51. The van der Waals surface area contributed by atoms with E-state index in [0.717, 1.165) is 11.2 Å². The molecule has 2 aromatic carbocycles. The maximum Gasteiger partial charge on any atom is 0.261 e. The Bertz CT molecular complexity index is 765. The van der Waals surface area contributed by atoms with E-state index in [4.69, 9.17) is 0 Å². The van der Waals surface area contributed by atoms with E-state index in [1.54, 1.807) is 10.9 Å². The Morgan fingerprint density at radius 1 is 1.00 bits per heavy atom. The van der Waals surface area contributed by atoms with Crippen molar-refractivity contribution in [2.24, 2.45) is 0 Å². The molecule has 0 atom stereocenters. The van der Waals surface area contributed by atoms with Gasteiger partial charge in [0.25, 0.3) is 5.56 Å². The first kappa shape index (κ1) is 12.4.